The van der Waals surface area contributed by atoms with Crippen molar-refractivity contribution in [3.8, 4) is 0 Å². The maximum Gasteiger partial charge on any atom is 0.410 e. The van der Waals surface area contributed by atoms with Gasteiger partial charge in [0, 0.05) is 19.0 Å². The van der Waals surface area contributed by atoms with Gasteiger partial charge in [-0.05, 0) is 32.6 Å². The number of nitrogens with zero attached hydrogens (tertiary/aromatic N) is 1. The van der Waals surface area contributed by atoms with Gasteiger partial charge in [-0.2, -0.15) is 0 Å². The topological polar surface area (TPSA) is 79.4 Å². The lowest BCUT2D eigenvalue weighted by Crippen LogP contribution is -2.38. The van der Waals surface area contributed by atoms with Gasteiger partial charge in [0.15, 0.2) is 0 Å². The molecule has 2 rings (SSSR count). The predicted octanol–water partition coefficient (Wildman–Crippen LogP) is 1.04. The Hall–Kier alpha value is -1.26. The molecule has 3 atom stereocenters. The second-order valence-electron chi connectivity index (χ2n) is 5.69. The molecule has 5 heteroatoms. The van der Waals surface area contributed by atoms with E-state index in [1.807, 2.05) is 20.8 Å². The zero-order valence-corrected chi connectivity index (χ0v) is 9.99. The number of hydrogen-bond donors (Lipinski definition) is 2. The van der Waals surface area contributed by atoms with E-state index in [2.05, 4.69) is 0 Å². The molecule has 2 fully saturated rings. The predicted molar refractivity (Wildman–Crippen MR) is 60.2 cm³/mol. The highest BCUT2D eigenvalue weighted by molar-refractivity contribution is 5.84. The highest BCUT2D eigenvalue weighted by atomic mass is 16.6. The minimum absolute atomic E-state index is 0.207. The first-order chi connectivity index (χ1) is 7.29. The van der Waals surface area contributed by atoms with Crippen molar-refractivity contribution in [1.29, 1.82) is 5.41 Å². The number of ether oxygens (including phenoxy) is 1. The van der Waals surface area contributed by atoms with Gasteiger partial charge in [-0.3, -0.25) is 5.41 Å². The maximum absolute atomic E-state index is 11.7. The monoisotopic (exact) mass is 225 g/mol. The number of carbonyl (C=O) groups excluding carboxylic acids is 1. The van der Waals surface area contributed by atoms with E-state index in [9.17, 15) is 4.79 Å². The summed E-state index contributed by atoms with van der Waals surface area (Å²) in [7, 11) is 0. The van der Waals surface area contributed by atoms with Gasteiger partial charge in [-0.25, -0.2) is 4.79 Å². The SMILES string of the molecule is CC(C)(C)OC(=O)N1C[C@@H]2C(C(=N)N)[C@@H]2C1. The molecular weight excluding hydrogens is 206 g/mol. The first-order valence-corrected chi connectivity index (χ1v) is 5.61. The molecule has 1 saturated carbocycles. The molecule has 1 saturated heterocycles. The molecule has 3 N–H and O–H groups in total. The molecule has 1 aliphatic heterocycles. The lowest BCUT2D eigenvalue weighted by molar-refractivity contribution is 0.0270. The summed E-state index contributed by atoms with van der Waals surface area (Å²) in [5, 5.41) is 7.37. The van der Waals surface area contributed by atoms with Crippen LogP contribution in [0.3, 0.4) is 0 Å². The molecule has 1 unspecified atom stereocenters. The normalized spacial score (nSPS) is 32.2. The summed E-state index contributed by atoms with van der Waals surface area (Å²) in [5.74, 6) is 1.26. The van der Waals surface area contributed by atoms with Crippen molar-refractivity contribution in [1.82, 2.24) is 4.90 Å². The van der Waals surface area contributed by atoms with E-state index < -0.39 is 5.60 Å². The number of amides is 1. The molecule has 0 bridgehead atoms. The average molecular weight is 225 g/mol. The summed E-state index contributed by atoms with van der Waals surface area (Å²) in [6.07, 6.45) is -0.248. The lowest BCUT2D eigenvalue weighted by atomic mass is 10.2. The smallest absolute Gasteiger partial charge is 0.410 e. The van der Waals surface area contributed by atoms with E-state index in [0.717, 1.165) is 0 Å². The quantitative estimate of drug-likeness (QED) is 0.517. The van der Waals surface area contributed by atoms with Crippen LogP contribution in [0.25, 0.3) is 0 Å². The van der Waals surface area contributed by atoms with Crippen molar-refractivity contribution in [2.45, 2.75) is 26.4 Å². The number of piperidine rings is 1. The molecule has 0 spiro atoms. The van der Waals surface area contributed by atoms with Crippen molar-refractivity contribution in [3.05, 3.63) is 0 Å². The average Bonchev–Trinajstić information content (AvgIpc) is 2.60. The van der Waals surface area contributed by atoms with Crippen molar-refractivity contribution in [3.63, 3.8) is 0 Å². The molecule has 1 heterocycles. The summed E-state index contributed by atoms with van der Waals surface area (Å²) in [5.41, 5.74) is 5.02. The minimum Gasteiger partial charge on any atom is -0.444 e. The fourth-order valence-corrected chi connectivity index (χ4v) is 2.46. The molecule has 0 radical (unpaired) electrons. The molecule has 0 aromatic carbocycles. The van der Waals surface area contributed by atoms with Crippen LogP contribution >= 0.6 is 0 Å². The third-order valence-corrected chi connectivity index (χ3v) is 3.20. The Morgan fingerprint density at radius 2 is 1.88 bits per heavy atom. The summed E-state index contributed by atoms with van der Waals surface area (Å²) >= 11 is 0. The van der Waals surface area contributed by atoms with E-state index in [0.29, 0.717) is 24.9 Å². The lowest BCUT2D eigenvalue weighted by Gasteiger charge is -2.25. The number of nitrogens with two attached hydrogens (primary N) is 1. The molecule has 1 amide bonds. The van der Waals surface area contributed by atoms with E-state index in [1.54, 1.807) is 4.90 Å². The Morgan fingerprint density at radius 3 is 2.25 bits per heavy atom. The van der Waals surface area contributed by atoms with Crippen LogP contribution in [0, 0.1) is 23.2 Å². The number of rotatable bonds is 1. The Kier molecular flexibility index (Phi) is 2.36. The van der Waals surface area contributed by atoms with Crippen molar-refractivity contribution >= 4 is 11.9 Å². The van der Waals surface area contributed by atoms with Gasteiger partial charge in [-0.15, -0.1) is 0 Å². The van der Waals surface area contributed by atoms with Crippen molar-refractivity contribution in [2.24, 2.45) is 23.5 Å². The van der Waals surface area contributed by atoms with Gasteiger partial charge in [0.05, 0.1) is 5.84 Å². The molecule has 90 valence electrons. The fourth-order valence-electron chi connectivity index (χ4n) is 2.46. The molecule has 0 aromatic rings. The highest BCUT2D eigenvalue weighted by Crippen LogP contribution is 2.51. The zero-order valence-electron chi connectivity index (χ0n) is 9.99. The largest absolute Gasteiger partial charge is 0.444 e. The van der Waals surface area contributed by atoms with Gasteiger partial charge in [-0.1, -0.05) is 0 Å². The highest BCUT2D eigenvalue weighted by Gasteiger charge is 2.58. The number of amidine groups is 1. The van der Waals surface area contributed by atoms with Crippen LogP contribution < -0.4 is 5.73 Å². The summed E-state index contributed by atoms with van der Waals surface area (Å²) in [6, 6.07) is 0. The third-order valence-electron chi connectivity index (χ3n) is 3.20. The molecule has 1 aliphatic carbocycles. The Morgan fingerprint density at radius 1 is 1.38 bits per heavy atom. The molecule has 5 nitrogen and oxygen atoms in total. The van der Waals surface area contributed by atoms with Crippen molar-refractivity contribution < 1.29 is 9.53 Å². The van der Waals surface area contributed by atoms with Crippen LogP contribution in [0.15, 0.2) is 0 Å². The van der Waals surface area contributed by atoms with Crippen LogP contribution in [0.5, 0.6) is 0 Å². The van der Waals surface area contributed by atoms with Crippen LogP contribution in [0.1, 0.15) is 20.8 Å². The van der Waals surface area contributed by atoms with E-state index in [1.165, 1.54) is 0 Å². The van der Waals surface area contributed by atoms with Crippen molar-refractivity contribution in [2.75, 3.05) is 13.1 Å². The summed E-state index contributed by atoms with van der Waals surface area (Å²) in [4.78, 5) is 13.4. The number of fused-ring (bicyclic) bond motifs is 1. The standard InChI is InChI=1S/C11H19N3O2/c1-11(2,3)16-10(15)14-4-6-7(5-14)8(6)9(12)13/h6-8H,4-5H2,1-3H3,(H3,12,13)/t6-,7+,8?. The number of nitrogens with one attached hydrogen (secondary N) is 1. The van der Waals surface area contributed by atoms with Gasteiger partial charge in [0.1, 0.15) is 5.60 Å². The third kappa shape index (κ3) is 1.99. The van der Waals surface area contributed by atoms with Crippen LogP contribution in [0.2, 0.25) is 0 Å². The van der Waals surface area contributed by atoms with Crippen LogP contribution in [0.4, 0.5) is 4.79 Å². The van der Waals surface area contributed by atoms with Gasteiger partial charge in [0.2, 0.25) is 0 Å². The second kappa shape index (κ2) is 3.37. The van der Waals surface area contributed by atoms with E-state index in [4.69, 9.17) is 15.9 Å². The fraction of sp³-hybridized carbons (Fsp3) is 0.818. The maximum atomic E-state index is 11.7. The van der Waals surface area contributed by atoms with Crippen LogP contribution in [-0.4, -0.2) is 35.5 Å². The van der Waals surface area contributed by atoms with Gasteiger partial charge >= 0.3 is 6.09 Å². The van der Waals surface area contributed by atoms with E-state index >= 15 is 0 Å². The van der Waals surface area contributed by atoms with Crippen LogP contribution in [-0.2, 0) is 4.74 Å². The van der Waals surface area contributed by atoms with E-state index in [-0.39, 0.29) is 17.8 Å². The number of likely N-dealkylation sites (tertiary alicyclic amines) is 1. The molecule has 2 aliphatic rings. The van der Waals surface area contributed by atoms with Gasteiger partial charge in [0.25, 0.3) is 0 Å². The first kappa shape index (κ1) is 11.2. The molecular formula is C11H19N3O2. The number of carbonyl (C=O) groups is 1. The Labute approximate surface area is 95.4 Å². The Balaban J connectivity index is 1.85. The molecule has 0 aromatic heterocycles. The molecule has 16 heavy (non-hydrogen) atoms. The summed E-state index contributed by atoms with van der Waals surface area (Å²) in [6.45, 7) is 6.95. The minimum atomic E-state index is -0.441. The second-order valence-corrected chi connectivity index (χ2v) is 5.69. The summed E-state index contributed by atoms with van der Waals surface area (Å²) < 4.78 is 5.29. The first-order valence-electron chi connectivity index (χ1n) is 5.61. The Bertz CT molecular complexity index is 323. The number of hydrogen-bond acceptors (Lipinski definition) is 3. The van der Waals surface area contributed by atoms with Gasteiger partial charge < -0.3 is 15.4 Å². The zero-order chi connectivity index (χ0) is 12.1.